The van der Waals surface area contributed by atoms with Gasteiger partial charge in [0.05, 0.1) is 17.4 Å². The molecule has 0 spiro atoms. The van der Waals surface area contributed by atoms with Crippen molar-refractivity contribution in [3.8, 4) is 0 Å². The maximum absolute atomic E-state index is 12.6. The average molecular weight is 309 g/mol. The number of nitrogens with zero attached hydrogens (tertiary/aromatic N) is 2. The number of hydrogen-bond acceptors (Lipinski definition) is 3. The van der Waals surface area contributed by atoms with E-state index in [1.54, 1.807) is 17.0 Å². The minimum Gasteiger partial charge on any atom is -0.363 e. The Morgan fingerprint density at radius 2 is 1.91 bits per heavy atom. The molecule has 0 radical (unpaired) electrons. The second-order valence-corrected chi connectivity index (χ2v) is 4.83. The number of carbonyl (C=O) groups is 1. The molecule has 1 aromatic carbocycles. The number of alkyl halides is 3. The van der Waals surface area contributed by atoms with Gasteiger partial charge < -0.3 is 10.2 Å². The van der Waals surface area contributed by atoms with E-state index in [9.17, 15) is 18.0 Å². The van der Waals surface area contributed by atoms with Crippen molar-refractivity contribution in [3.05, 3.63) is 53.7 Å². The van der Waals surface area contributed by atoms with Gasteiger partial charge in [0.25, 0.3) is 5.91 Å². The van der Waals surface area contributed by atoms with Gasteiger partial charge in [-0.15, -0.1) is 0 Å². The molecule has 1 heterocycles. The Morgan fingerprint density at radius 3 is 2.45 bits per heavy atom. The van der Waals surface area contributed by atoms with Gasteiger partial charge in [-0.25, -0.2) is 4.98 Å². The Hall–Kier alpha value is -2.57. The molecule has 0 bridgehead atoms. The molecule has 1 amide bonds. The summed E-state index contributed by atoms with van der Waals surface area (Å²) in [5.41, 5.74) is -0.513. The van der Waals surface area contributed by atoms with Crippen LogP contribution in [0.4, 0.5) is 24.7 Å². The zero-order valence-electron chi connectivity index (χ0n) is 12.0. The van der Waals surface area contributed by atoms with Gasteiger partial charge in [-0.2, -0.15) is 13.2 Å². The van der Waals surface area contributed by atoms with Crippen LogP contribution in [0.3, 0.4) is 0 Å². The van der Waals surface area contributed by atoms with Gasteiger partial charge in [0.1, 0.15) is 5.82 Å². The zero-order chi connectivity index (χ0) is 16.3. The monoisotopic (exact) mass is 309 g/mol. The molecule has 0 aliphatic heterocycles. The van der Waals surface area contributed by atoms with Crippen molar-refractivity contribution < 1.29 is 18.0 Å². The predicted molar refractivity (Wildman–Crippen MR) is 78.0 cm³/mol. The second-order valence-electron chi connectivity index (χ2n) is 4.83. The Balaban J connectivity index is 2.15. The van der Waals surface area contributed by atoms with Gasteiger partial charge >= 0.3 is 6.18 Å². The van der Waals surface area contributed by atoms with Crippen molar-refractivity contribution in [1.29, 1.82) is 0 Å². The Labute approximate surface area is 125 Å². The molecule has 7 heteroatoms. The molecule has 2 aromatic rings. The number of amides is 1. The molecular formula is C15H14F3N3O. The van der Waals surface area contributed by atoms with Crippen LogP contribution in [0.15, 0.2) is 42.6 Å². The molecule has 116 valence electrons. The maximum atomic E-state index is 12.6. The van der Waals surface area contributed by atoms with E-state index in [0.717, 1.165) is 12.1 Å². The van der Waals surface area contributed by atoms with Crippen LogP contribution in [0.5, 0.6) is 0 Å². The third kappa shape index (κ3) is 3.75. The first-order valence-electron chi connectivity index (χ1n) is 6.39. The van der Waals surface area contributed by atoms with Crippen LogP contribution >= 0.6 is 0 Å². The minimum absolute atomic E-state index is 0.0634. The van der Waals surface area contributed by atoms with Crippen LogP contribution in [0, 0.1) is 0 Å². The summed E-state index contributed by atoms with van der Waals surface area (Å²) >= 11 is 0. The standard InChI is InChI=1S/C15H14F3N3O/c1-21(2)13-7-6-12(9-19-13)20-14(22)10-4-3-5-11(8-10)15(16,17)18/h3-9H,1-2H3,(H,20,22). The number of rotatable bonds is 3. The molecule has 4 nitrogen and oxygen atoms in total. The number of hydrogen-bond donors (Lipinski definition) is 1. The van der Waals surface area contributed by atoms with E-state index in [0.29, 0.717) is 11.5 Å². The highest BCUT2D eigenvalue weighted by Crippen LogP contribution is 2.29. The van der Waals surface area contributed by atoms with Crippen molar-refractivity contribution in [3.63, 3.8) is 0 Å². The van der Waals surface area contributed by atoms with E-state index in [4.69, 9.17) is 0 Å². The van der Waals surface area contributed by atoms with Crippen molar-refractivity contribution >= 4 is 17.4 Å². The predicted octanol–water partition coefficient (Wildman–Crippen LogP) is 3.42. The maximum Gasteiger partial charge on any atom is 0.416 e. The topological polar surface area (TPSA) is 45.2 Å². The summed E-state index contributed by atoms with van der Waals surface area (Å²) in [7, 11) is 3.65. The number of nitrogens with one attached hydrogen (secondary N) is 1. The summed E-state index contributed by atoms with van der Waals surface area (Å²) in [5.74, 6) is 0.0857. The summed E-state index contributed by atoms with van der Waals surface area (Å²) in [6, 6.07) is 7.59. The van der Waals surface area contributed by atoms with Gasteiger partial charge in [-0.3, -0.25) is 4.79 Å². The number of carbonyl (C=O) groups excluding carboxylic acids is 1. The Morgan fingerprint density at radius 1 is 1.18 bits per heavy atom. The lowest BCUT2D eigenvalue weighted by molar-refractivity contribution is -0.137. The zero-order valence-corrected chi connectivity index (χ0v) is 12.0. The summed E-state index contributed by atoms with van der Waals surface area (Å²) in [5, 5.41) is 2.52. The highest BCUT2D eigenvalue weighted by molar-refractivity contribution is 6.04. The molecule has 22 heavy (non-hydrogen) atoms. The molecule has 1 N–H and O–H groups in total. The number of benzene rings is 1. The van der Waals surface area contributed by atoms with E-state index >= 15 is 0 Å². The Kier molecular flexibility index (Phi) is 4.35. The van der Waals surface area contributed by atoms with Crippen LogP contribution in [-0.4, -0.2) is 25.0 Å². The first-order chi connectivity index (χ1) is 10.3. The third-order valence-corrected chi connectivity index (χ3v) is 2.92. The number of aromatic nitrogens is 1. The van der Waals surface area contributed by atoms with E-state index in [-0.39, 0.29) is 5.56 Å². The molecule has 0 unspecified atom stereocenters. The quantitative estimate of drug-likeness (QED) is 0.945. The van der Waals surface area contributed by atoms with Crippen LogP contribution < -0.4 is 10.2 Å². The van der Waals surface area contributed by atoms with E-state index in [2.05, 4.69) is 10.3 Å². The summed E-state index contributed by atoms with van der Waals surface area (Å²) in [6.07, 6.45) is -3.04. The SMILES string of the molecule is CN(C)c1ccc(NC(=O)c2cccc(C(F)(F)F)c2)cn1. The van der Waals surface area contributed by atoms with Gasteiger partial charge in [0, 0.05) is 19.7 Å². The summed E-state index contributed by atoms with van der Waals surface area (Å²) in [4.78, 5) is 17.9. The van der Waals surface area contributed by atoms with Crippen molar-refractivity contribution in [2.24, 2.45) is 0 Å². The van der Waals surface area contributed by atoms with Crippen LogP contribution in [0.25, 0.3) is 0 Å². The van der Waals surface area contributed by atoms with E-state index in [1.807, 2.05) is 14.1 Å². The molecule has 0 aliphatic carbocycles. The Bertz CT molecular complexity index is 666. The lowest BCUT2D eigenvalue weighted by Crippen LogP contribution is -2.15. The molecule has 0 atom stereocenters. The van der Waals surface area contributed by atoms with Crippen LogP contribution in [0.2, 0.25) is 0 Å². The fourth-order valence-electron chi connectivity index (χ4n) is 1.76. The number of halogens is 3. The fraction of sp³-hybridized carbons (Fsp3) is 0.200. The number of pyridine rings is 1. The number of anilines is 2. The normalized spacial score (nSPS) is 11.1. The smallest absolute Gasteiger partial charge is 0.363 e. The van der Waals surface area contributed by atoms with Gasteiger partial charge in [-0.05, 0) is 30.3 Å². The molecule has 0 saturated heterocycles. The first-order valence-corrected chi connectivity index (χ1v) is 6.39. The summed E-state index contributed by atoms with van der Waals surface area (Å²) < 4.78 is 37.9. The van der Waals surface area contributed by atoms with E-state index in [1.165, 1.54) is 18.3 Å². The molecule has 0 aliphatic rings. The lowest BCUT2D eigenvalue weighted by atomic mass is 10.1. The van der Waals surface area contributed by atoms with Crippen molar-refractivity contribution in [1.82, 2.24) is 4.98 Å². The largest absolute Gasteiger partial charge is 0.416 e. The van der Waals surface area contributed by atoms with Gasteiger partial charge in [0.15, 0.2) is 0 Å². The van der Waals surface area contributed by atoms with Crippen LogP contribution in [0.1, 0.15) is 15.9 Å². The molecule has 1 aromatic heterocycles. The minimum atomic E-state index is -4.48. The summed E-state index contributed by atoms with van der Waals surface area (Å²) in [6.45, 7) is 0. The molecule has 0 saturated carbocycles. The van der Waals surface area contributed by atoms with Crippen LogP contribution in [-0.2, 0) is 6.18 Å². The van der Waals surface area contributed by atoms with Crippen molar-refractivity contribution in [2.75, 3.05) is 24.3 Å². The first kappa shape index (κ1) is 15.8. The van der Waals surface area contributed by atoms with E-state index < -0.39 is 17.6 Å². The average Bonchev–Trinajstić information content (AvgIpc) is 2.47. The van der Waals surface area contributed by atoms with Crippen molar-refractivity contribution in [2.45, 2.75) is 6.18 Å². The molecular weight excluding hydrogens is 295 g/mol. The lowest BCUT2D eigenvalue weighted by Gasteiger charge is -2.12. The molecule has 2 rings (SSSR count). The van der Waals surface area contributed by atoms with Gasteiger partial charge in [-0.1, -0.05) is 6.07 Å². The highest BCUT2D eigenvalue weighted by Gasteiger charge is 2.30. The highest BCUT2D eigenvalue weighted by atomic mass is 19.4. The fourth-order valence-corrected chi connectivity index (χ4v) is 1.76. The second kappa shape index (κ2) is 6.05. The molecule has 0 fully saturated rings. The third-order valence-electron chi connectivity index (χ3n) is 2.92. The van der Waals surface area contributed by atoms with Gasteiger partial charge in [0.2, 0.25) is 0 Å².